The highest BCUT2D eigenvalue weighted by Gasteiger charge is 2.04. The van der Waals surface area contributed by atoms with Gasteiger partial charge in [-0.15, -0.1) is 0 Å². The number of anilines is 1. The van der Waals surface area contributed by atoms with Gasteiger partial charge in [0.25, 0.3) is 0 Å². The first-order chi connectivity index (χ1) is 10.8. The van der Waals surface area contributed by atoms with Crippen molar-refractivity contribution in [3.8, 4) is 0 Å². The van der Waals surface area contributed by atoms with Gasteiger partial charge in [0, 0.05) is 17.5 Å². The lowest BCUT2D eigenvalue weighted by Crippen LogP contribution is -1.96. The molecular formula is C19H25N3. The lowest BCUT2D eigenvalue weighted by Gasteiger charge is -2.05. The number of benzene rings is 2. The van der Waals surface area contributed by atoms with E-state index in [4.69, 9.17) is 5.73 Å². The van der Waals surface area contributed by atoms with E-state index < -0.39 is 0 Å². The van der Waals surface area contributed by atoms with Crippen molar-refractivity contribution in [2.24, 2.45) is 0 Å². The Balaban J connectivity index is 0.000000561. The fraction of sp³-hybridized carbons (Fsp3) is 0.263. The predicted octanol–water partition coefficient (Wildman–Crippen LogP) is 4.86. The summed E-state index contributed by atoms with van der Waals surface area (Å²) < 4.78 is 0. The first kappa shape index (κ1) is 17.6. The van der Waals surface area contributed by atoms with Gasteiger partial charge < -0.3 is 5.73 Å². The summed E-state index contributed by atoms with van der Waals surface area (Å²) in [5.74, 6) is 0. The molecule has 3 heteroatoms. The number of nitrogens with two attached hydrogens (primary N) is 1. The number of hydrogen-bond acceptors (Lipinski definition) is 3. The number of nitrogens with zero attached hydrogens (tertiary/aromatic N) is 2. The molecule has 0 radical (unpaired) electrons. The van der Waals surface area contributed by atoms with Crippen molar-refractivity contribution in [2.75, 3.05) is 5.73 Å². The van der Waals surface area contributed by atoms with E-state index in [-0.39, 0.29) is 0 Å². The van der Waals surface area contributed by atoms with Crippen LogP contribution in [-0.2, 0) is 6.42 Å². The van der Waals surface area contributed by atoms with Crippen LogP contribution in [0.5, 0.6) is 0 Å². The summed E-state index contributed by atoms with van der Waals surface area (Å²) in [5, 5.41) is 1.10. The van der Waals surface area contributed by atoms with E-state index in [1.807, 2.05) is 64.1 Å². The topological polar surface area (TPSA) is 51.8 Å². The summed E-state index contributed by atoms with van der Waals surface area (Å²) in [6.07, 6.45) is 2.39. The molecule has 3 aromatic rings. The van der Waals surface area contributed by atoms with E-state index in [2.05, 4.69) is 22.1 Å². The molecule has 0 fully saturated rings. The molecule has 0 saturated carbocycles. The van der Waals surface area contributed by atoms with E-state index in [0.717, 1.165) is 28.7 Å². The predicted molar refractivity (Wildman–Crippen MR) is 95.9 cm³/mol. The quantitative estimate of drug-likeness (QED) is 0.687. The van der Waals surface area contributed by atoms with Gasteiger partial charge in [0.15, 0.2) is 0 Å². The van der Waals surface area contributed by atoms with Gasteiger partial charge in [-0.3, -0.25) is 0 Å². The molecule has 0 spiro atoms. The Kier molecular flexibility index (Phi) is 7.62. The van der Waals surface area contributed by atoms with Crippen molar-refractivity contribution < 1.29 is 0 Å². The van der Waals surface area contributed by atoms with Crippen molar-refractivity contribution in [1.82, 2.24) is 9.97 Å². The molecule has 1 heterocycles. The minimum absolute atomic E-state index is 0.772. The van der Waals surface area contributed by atoms with E-state index in [0.29, 0.717) is 0 Å². The van der Waals surface area contributed by atoms with Crippen molar-refractivity contribution in [3.05, 3.63) is 66.1 Å². The van der Waals surface area contributed by atoms with Gasteiger partial charge in [0.2, 0.25) is 0 Å². The molecule has 2 N–H and O–H groups in total. The summed E-state index contributed by atoms with van der Waals surface area (Å²) >= 11 is 0. The van der Waals surface area contributed by atoms with Gasteiger partial charge in [-0.25, -0.2) is 9.97 Å². The van der Waals surface area contributed by atoms with Gasteiger partial charge >= 0.3 is 0 Å². The highest BCUT2D eigenvalue weighted by molar-refractivity contribution is 5.80. The Morgan fingerprint density at radius 3 is 2.32 bits per heavy atom. The molecule has 0 saturated heterocycles. The van der Waals surface area contributed by atoms with Crippen LogP contribution in [0.25, 0.3) is 10.9 Å². The summed E-state index contributed by atoms with van der Waals surface area (Å²) in [4.78, 5) is 8.65. The van der Waals surface area contributed by atoms with Crippen LogP contribution in [0.3, 0.4) is 0 Å². The van der Waals surface area contributed by atoms with Crippen molar-refractivity contribution in [2.45, 2.75) is 34.1 Å². The lowest BCUT2D eigenvalue weighted by atomic mass is 10.1. The van der Waals surface area contributed by atoms with Crippen LogP contribution in [0, 0.1) is 0 Å². The highest BCUT2D eigenvalue weighted by Crippen LogP contribution is 2.18. The molecule has 2 aromatic carbocycles. The maximum Gasteiger partial charge on any atom is 0.116 e. The van der Waals surface area contributed by atoms with Crippen LogP contribution in [0.15, 0.2) is 54.9 Å². The zero-order valence-corrected chi connectivity index (χ0v) is 13.9. The Morgan fingerprint density at radius 1 is 0.864 bits per heavy atom. The molecule has 0 unspecified atom stereocenters. The minimum Gasteiger partial charge on any atom is -0.399 e. The Morgan fingerprint density at radius 2 is 1.59 bits per heavy atom. The second-order valence-electron chi connectivity index (χ2n) is 4.26. The fourth-order valence-electron chi connectivity index (χ4n) is 2.10. The zero-order chi connectivity index (χ0) is 16.4. The molecule has 1 aromatic heterocycles. The number of para-hydroxylation sites is 1. The van der Waals surface area contributed by atoms with Gasteiger partial charge in [0.05, 0.1) is 11.2 Å². The van der Waals surface area contributed by atoms with Crippen LogP contribution >= 0.6 is 0 Å². The molecule has 0 atom stereocenters. The summed E-state index contributed by atoms with van der Waals surface area (Å²) in [7, 11) is 0. The number of fused-ring (bicyclic) bond motifs is 1. The maximum atomic E-state index is 5.79. The summed E-state index contributed by atoms with van der Waals surface area (Å²) in [5.41, 5.74) is 9.75. The molecule has 0 aliphatic heterocycles. The van der Waals surface area contributed by atoms with Crippen LogP contribution in [0.4, 0.5) is 5.69 Å². The van der Waals surface area contributed by atoms with E-state index in [9.17, 15) is 0 Å². The van der Waals surface area contributed by atoms with Crippen molar-refractivity contribution in [1.29, 1.82) is 0 Å². The minimum atomic E-state index is 0.772. The largest absolute Gasteiger partial charge is 0.399 e. The third kappa shape index (κ3) is 4.55. The third-order valence-corrected chi connectivity index (χ3v) is 2.95. The lowest BCUT2D eigenvalue weighted by molar-refractivity contribution is 1.06. The first-order valence-corrected chi connectivity index (χ1v) is 7.86. The molecule has 0 aliphatic rings. The van der Waals surface area contributed by atoms with E-state index in [1.165, 1.54) is 5.56 Å². The molecule has 0 amide bonds. The van der Waals surface area contributed by atoms with Crippen LogP contribution < -0.4 is 5.73 Å². The average Bonchev–Trinajstić information content (AvgIpc) is 2.59. The van der Waals surface area contributed by atoms with E-state index in [1.54, 1.807) is 6.33 Å². The fourth-order valence-corrected chi connectivity index (χ4v) is 2.10. The third-order valence-electron chi connectivity index (χ3n) is 2.95. The molecule has 0 aliphatic carbocycles. The van der Waals surface area contributed by atoms with Gasteiger partial charge in [-0.05, 0) is 23.8 Å². The first-order valence-electron chi connectivity index (χ1n) is 7.86. The molecular weight excluding hydrogens is 270 g/mol. The molecule has 3 rings (SSSR count). The second kappa shape index (κ2) is 9.50. The zero-order valence-electron chi connectivity index (χ0n) is 13.9. The molecule has 116 valence electrons. The summed E-state index contributed by atoms with van der Waals surface area (Å²) in [6.45, 7) is 8.00. The Hall–Kier alpha value is -2.42. The summed E-state index contributed by atoms with van der Waals surface area (Å²) in [6, 6.07) is 15.9. The van der Waals surface area contributed by atoms with Crippen molar-refractivity contribution >= 4 is 16.6 Å². The highest BCUT2D eigenvalue weighted by atomic mass is 14.8. The number of rotatable bonds is 2. The monoisotopic (exact) mass is 295 g/mol. The molecule has 3 nitrogen and oxygen atoms in total. The normalized spacial score (nSPS) is 9.27. The SMILES string of the molecule is CC.CC.Nc1cccc(Cc2ncnc3ccccc23)c1. The standard InChI is InChI=1S/C15H13N3.2C2H6/c16-12-5-3-4-11(8-12)9-15-13-6-1-2-7-14(13)17-10-18-15;2*1-2/h1-8,10H,9,16H2;2*1-2H3. The van der Waals surface area contributed by atoms with E-state index >= 15 is 0 Å². The maximum absolute atomic E-state index is 5.79. The average molecular weight is 295 g/mol. The van der Waals surface area contributed by atoms with Crippen molar-refractivity contribution in [3.63, 3.8) is 0 Å². The van der Waals surface area contributed by atoms with Crippen LogP contribution in [0.1, 0.15) is 39.0 Å². The number of nitrogen functional groups attached to an aromatic ring is 1. The molecule has 0 bridgehead atoms. The van der Waals surface area contributed by atoms with Gasteiger partial charge in [-0.2, -0.15) is 0 Å². The van der Waals surface area contributed by atoms with Crippen LogP contribution in [0.2, 0.25) is 0 Å². The Bertz CT molecular complexity index is 688. The van der Waals surface area contributed by atoms with Crippen LogP contribution in [-0.4, -0.2) is 9.97 Å². The smallest absolute Gasteiger partial charge is 0.116 e. The Labute approximate surface area is 133 Å². The van der Waals surface area contributed by atoms with Gasteiger partial charge in [-0.1, -0.05) is 58.0 Å². The van der Waals surface area contributed by atoms with Gasteiger partial charge in [0.1, 0.15) is 6.33 Å². The number of aromatic nitrogens is 2. The number of hydrogen-bond donors (Lipinski definition) is 1. The molecule has 22 heavy (non-hydrogen) atoms. The second-order valence-corrected chi connectivity index (χ2v) is 4.26.